The monoisotopic (exact) mass is 459 g/mol. The number of hydrogen-bond acceptors (Lipinski definition) is 3. The van der Waals surface area contributed by atoms with E-state index < -0.39 is 0 Å². The molecule has 0 unspecified atom stereocenters. The summed E-state index contributed by atoms with van der Waals surface area (Å²) in [5, 5.41) is 6.67. The van der Waals surface area contributed by atoms with Crippen molar-refractivity contribution in [3.63, 3.8) is 0 Å². The van der Waals surface area contributed by atoms with Crippen LogP contribution in [0.25, 0.3) is 0 Å². The van der Waals surface area contributed by atoms with Crippen molar-refractivity contribution in [2.24, 2.45) is 4.99 Å². The third kappa shape index (κ3) is 6.68. The number of thiophene rings is 1. The second-order valence-corrected chi connectivity index (χ2v) is 6.57. The minimum absolute atomic E-state index is 0. The van der Waals surface area contributed by atoms with Crippen molar-refractivity contribution in [2.45, 2.75) is 26.8 Å². The lowest BCUT2D eigenvalue weighted by molar-refractivity contribution is 0.409. The van der Waals surface area contributed by atoms with E-state index in [0.29, 0.717) is 6.54 Å². The number of nitrogens with zero attached hydrogens (tertiary/aromatic N) is 1. The van der Waals surface area contributed by atoms with Gasteiger partial charge in [-0.1, -0.05) is 18.2 Å². The first-order valence-electron chi connectivity index (χ1n) is 7.92. The zero-order valence-corrected chi connectivity index (χ0v) is 17.6. The molecule has 0 radical (unpaired) electrons. The Hall–Kier alpha value is -1.28. The number of aliphatic imine (C=N–C) groups is 1. The van der Waals surface area contributed by atoms with Gasteiger partial charge in [0.1, 0.15) is 5.75 Å². The average Bonchev–Trinajstić information content (AvgIpc) is 2.98. The molecule has 1 aromatic carbocycles. The van der Waals surface area contributed by atoms with Crippen LogP contribution in [0.1, 0.15) is 22.2 Å². The molecule has 6 heteroatoms. The van der Waals surface area contributed by atoms with E-state index >= 15 is 0 Å². The van der Waals surface area contributed by atoms with E-state index in [9.17, 15) is 0 Å². The topological polar surface area (TPSA) is 45.7 Å². The molecular weight excluding hydrogens is 433 g/mol. The Morgan fingerprint density at radius 2 is 1.96 bits per heavy atom. The number of benzene rings is 1. The van der Waals surface area contributed by atoms with E-state index in [0.717, 1.165) is 31.2 Å². The van der Waals surface area contributed by atoms with Crippen molar-refractivity contribution in [1.82, 2.24) is 10.6 Å². The summed E-state index contributed by atoms with van der Waals surface area (Å²) in [5.41, 5.74) is 1.20. The molecule has 24 heavy (non-hydrogen) atoms. The van der Waals surface area contributed by atoms with Crippen LogP contribution in [0.3, 0.4) is 0 Å². The molecular formula is C18H26IN3OS. The summed E-state index contributed by atoms with van der Waals surface area (Å²) in [4.78, 5) is 7.25. The molecule has 0 saturated heterocycles. The summed E-state index contributed by atoms with van der Waals surface area (Å²) in [5.74, 6) is 1.79. The lowest BCUT2D eigenvalue weighted by Crippen LogP contribution is -2.38. The zero-order valence-electron chi connectivity index (χ0n) is 14.5. The molecule has 0 saturated carbocycles. The van der Waals surface area contributed by atoms with Gasteiger partial charge in [0.2, 0.25) is 0 Å². The number of halogens is 1. The summed E-state index contributed by atoms with van der Waals surface area (Å²) >= 11 is 1.79. The zero-order chi connectivity index (χ0) is 16.5. The van der Waals surface area contributed by atoms with Crippen molar-refractivity contribution in [1.29, 1.82) is 0 Å². The molecule has 132 valence electrons. The summed E-state index contributed by atoms with van der Waals surface area (Å²) in [6, 6.07) is 12.4. The first kappa shape index (κ1) is 20.8. The van der Waals surface area contributed by atoms with Gasteiger partial charge in [0, 0.05) is 22.8 Å². The summed E-state index contributed by atoms with van der Waals surface area (Å²) in [7, 11) is 1.71. The van der Waals surface area contributed by atoms with Crippen LogP contribution >= 0.6 is 35.3 Å². The van der Waals surface area contributed by atoms with E-state index in [1.807, 2.05) is 18.2 Å². The standard InChI is InChI=1S/C18H25N3OS.HI/c1-4-19-18(21-13-16-10-9-14(2)23-16)20-12-11-15-7-5-6-8-17(15)22-3;/h5-10H,4,11-13H2,1-3H3,(H2,19,20,21);1H. The van der Waals surface area contributed by atoms with Crippen molar-refractivity contribution < 1.29 is 4.74 Å². The fraction of sp³-hybridized carbons (Fsp3) is 0.389. The molecule has 0 aliphatic rings. The van der Waals surface area contributed by atoms with E-state index in [-0.39, 0.29) is 24.0 Å². The summed E-state index contributed by atoms with van der Waals surface area (Å²) < 4.78 is 5.39. The maximum Gasteiger partial charge on any atom is 0.191 e. The first-order valence-corrected chi connectivity index (χ1v) is 8.74. The van der Waals surface area contributed by atoms with Gasteiger partial charge in [0.15, 0.2) is 5.96 Å². The van der Waals surface area contributed by atoms with Crippen LogP contribution in [0.5, 0.6) is 5.75 Å². The maximum atomic E-state index is 5.39. The predicted octanol–water partition coefficient (Wildman–Crippen LogP) is 3.98. The maximum absolute atomic E-state index is 5.39. The molecule has 0 amide bonds. The van der Waals surface area contributed by atoms with Gasteiger partial charge in [-0.15, -0.1) is 35.3 Å². The Morgan fingerprint density at radius 1 is 1.17 bits per heavy atom. The molecule has 0 bridgehead atoms. The average molecular weight is 459 g/mol. The van der Waals surface area contributed by atoms with Gasteiger partial charge in [-0.2, -0.15) is 0 Å². The minimum Gasteiger partial charge on any atom is -0.496 e. The molecule has 0 aliphatic carbocycles. The number of rotatable bonds is 7. The van der Waals surface area contributed by atoms with E-state index in [4.69, 9.17) is 4.74 Å². The van der Waals surface area contributed by atoms with Crippen LogP contribution in [0, 0.1) is 6.92 Å². The molecule has 4 nitrogen and oxygen atoms in total. The van der Waals surface area contributed by atoms with Crippen molar-refractivity contribution in [3.05, 3.63) is 51.7 Å². The van der Waals surface area contributed by atoms with Crippen molar-refractivity contribution in [3.8, 4) is 5.75 Å². The third-order valence-corrected chi connectivity index (χ3v) is 4.40. The fourth-order valence-corrected chi connectivity index (χ4v) is 3.11. The Bertz CT molecular complexity index is 643. The third-order valence-electron chi connectivity index (χ3n) is 3.41. The van der Waals surface area contributed by atoms with E-state index in [1.54, 1.807) is 18.4 Å². The quantitative estimate of drug-likeness (QED) is 0.374. The van der Waals surface area contributed by atoms with Crippen LogP contribution < -0.4 is 15.4 Å². The predicted molar refractivity (Wildman–Crippen MR) is 114 cm³/mol. The van der Waals surface area contributed by atoms with Crippen LogP contribution in [0.4, 0.5) is 0 Å². The fourth-order valence-electron chi connectivity index (χ4n) is 2.29. The first-order chi connectivity index (χ1) is 11.2. The Labute approximate surface area is 165 Å². The number of aryl methyl sites for hydroxylation is 1. The highest BCUT2D eigenvalue weighted by Gasteiger charge is 2.03. The van der Waals surface area contributed by atoms with Gasteiger partial charge in [-0.05, 0) is 44.0 Å². The number of nitrogens with one attached hydrogen (secondary N) is 2. The summed E-state index contributed by atoms with van der Waals surface area (Å²) in [6.45, 7) is 6.57. The smallest absolute Gasteiger partial charge is 0.191 e. The normalized spacial score (nSPS) is 10.9. The van der Waals surface area contributed by atoms with E-state index in [1.165, 1.54) is 15.3 Å². The Balaban J connectivity index is 0.00000288. The van der Waals surface area contributed by atoms with Crippen molar-refractivity contribution >= 4 is 41.3 Å². The number of para-hydroxylation sites is 1. The number of methoxy groups -OCH3 is 1. The van der Waals surface area contributed by atoms with Crippen LogP contribution in [0.15, 0.2) is 41.4 Å². The molecule has 1 aromatic heterocycles. The second-order valence-electron chi connectivity index (χ2n) is 5.20. The van der Waals surface area contributed by atoms with Gasteiger partial charge < -0.3 is 15.4 Å². The molecule has 2 aromatic rings. The molecule has 0 spiro atoms. The molecule has 2 N–H and O–H groups in total. The Morgan fingerprint density at radius 3 is 2.62 bits per heavy atom. The molecule has 2 rings (SSSR count). The lowest BCUT2D eigenvalue weighted by atomic mass is 10.1. The molecule has 1 heterocycles. The lowest BCUT2D eigenvalue weighted by Gasteiger charge is -2.12. The highest BCUT2D eigenvalue weighted by Crippen LogP contribution is 2.17. The van der Waals surface area contributed by atoms with Crippen LogP contribution in [-0.2, 0) is 13.0 Å². The molecule has 0 aliphatic heterocycles. The number of ether oxygens (including phenoxy) is 1. The summed E-state index contributed by atoms with van der Waals surface area (Å²) in [6.07, 6.45) is 0.895. The largest absolute Gasteiger partial charge is 0.496 e. The van der Waals surface area contributed by atoms with Gasteiger partial charge in [-0.3, -0.25) is 0 Å². The second kappa shape index (κ2) is 11.3. The Kier molecular flexibility index (Phi) is 9.78. The van der Waals surface area contributed by atoms with Gasteiger partial charge in [0.25, 0.3) is 0 Å². The number of hydrogen-bond donors (Lipinski definition) is 2. The minimum atomic E-state index is 0. The van der Waals surface area contributed by atoms with Gasteiger partial charge in [0.05, 0.1) is 13.7 Å². The SMILES string of the molecule is CCNC(=NCc1ccc(C)s1)NCCc1ccccc1OC.I. The van der Waals surface area contributed by atoms with Crippen LogP contribution in [-0.4, -0.2) is 26.2 Å². The molecule has 0 fully saturated rings. The number of guanidine groups is 1. The van der Waals surface area contributed by atoms with Gasteiger partial charge in [-0.25, -0.2) is 4.99 Å². The van der Waals surface area contributed by atoms with Crippen LogP contribution in [0.2, 0.25) is 0 Å². The highest BCUT2D eigenvalue weighted by atomic mass is 127. The van der Waals surface area contributed by atoms with Crippen molar-refractivity contribution in [2.75, 3.05) is 20.2 Å². The van der Waals surface area contributed by atoms with E-state index in [2.05, 4.69) is 47.7 Å². The van der Waals surface area contributed by atoms with Gasteiger partial charge >= 0.3 is 0 Å². The molecule has 0 atom stereocenters. The highest BCUT2D eigenvalue weighted by molar-refractivity contribution is 14.0.